The molecule has 0 heterocycles. The summed E-state index contributed by atoms with van der Waals surface area (Å²) >= 11 is 0. The van der Waals surface area contributed by atoms with Crippen LogP contribution in [0, 0.1) is 5.92 Å². The lowest BCUT2D eigenvalue weighted by atomic mass is 10.0. The van der Waals surface area contributed by atoms with Crippen molar-refractivity contribution in [2.45, 2.75) is 84.3 Å². The third-order valence-electron chi connectivity index (χ3n) is 3.64. The summed E-state index contributed by atoms with van der Waals surface area (Å²) in [7, 11) is 0. The normalized spacial score (nSPS) is 14.4. The lowest BCUT2D eigenvalue weighted by Gasteiger charge is -2.11. The highest BCUT2D eigenvalue weighted by atomic mass is 16.4. The molecule has 0 aromatic rings. The van der Waals surface area contributed by atoms with Gasteiger partial charge in [0.25, 0.3) is 0 Å². The van der Waals surface area contributed by atoms with Crippen LogP contribution in [0.25, 0.3) is 0 Å². The van der Waals surface area contributed by atoms with Crippen LogP contribution in [0.4, 0.5) is 0 Å². The zero-order valence-corrected chi connectivity index (χ0v) is 16.4. The Labute approximate surface area is 155 Å². The van der Waals surface area contributed by atoms with E-state index in [4.69, 9.17) is 32.5 Å². The maximum absolute atomic E-state index is 10.2. The highest BCUT2D eigenvalue weighted by Crippen LogP contribution is 2.04. The first-order valence-electron chi connectivity index (χ1n) is 8.91. The molecular weight excluding hydrogens is 342 g/mol. The van der Waals surface area contributed by atoms with Crippen LogP contribution in [0.15, 0.2) is 0 Å². The van der Waals surface area contributed by atoms with Crippen molar-refractivity contribution in [3.8, 4) is 0 Å². The molecule has 26 heavy (non-hydrogen) atoms. The lowest BCUT2D eigenvalue weighted by molar-refractivity contribution is -0.140. The minimum Gasteiger partial charge on any atom is -0.480 e. The van der Waals surface area contributed by atoms with Gasteiger partial charge in [0.1, 0.15) is 18.1 Å². The van der Waals surface area contributed by atoms with Crippen LogP contribution in [0.5, 0.6) is 0 Å². The Morgan fingerprint density at radius 2 is 1.19 bits per heavy atom. The van der Waals surface area contributed by atoms with Gasteiger partial charge in [0, 0.05) is 0 Å². The first-order chi connectivity index (χ1) is 12.0. The Morgan fingerprint density at radius 1 is 0.769 bits per heavy atom. The van der Waals surface area contributed by atoms with Gasteiger partial charge in [-0.3, -0.25) is 14.4 Å². The third kappa shape index (κ3) is 18.6. The van der Waals surface area contributed by atoms with Gasteiger partial charge >= 0.3 is 17.9 Å². The second-order valence-corrected chi connectivity index (χ2v) is 6.07. The number of aliphatic carboxylic acids is 3. The van der Waals surface area contributed by atoms with Gasteiger partial charge in [-0.15, -0.1) is 0 Å². The SMILES string of the molecule is CCC(C)C(N)C(=O)O.CCCC(N)C(=O)O.CCCCC(N)C(=O)O. The Balaban J connectivity index is -0.000000306. The van der Waals surface area contributed by atoms with Crippen LogP contribution in [-0.2, 0) is 14.4 Å². The van der Waals surface area contributed by atoms with Gasteiger partial charge in [-0.2, -0.15) is 0 Å². The summed E-state index contributed by atoms with van der Waals surface area (Å²) in [6, 6.07) is -2.03. The van der Waals surface area contributed by atoms with Gasteiger partial charge in [-0.1, -0.05) is 53.4 Å². The van der Waals surface area contributed by atoms with E-state index in [1.807, 2.05) is 27.7 Å². The van der Waals surface area contributed by atoms with E-state index in [-0.39, 0.29) is 5.92 Å². The van der Waals surface area contributed by atoms with Gasteiger partial charge < -0.3 is 32.5 Å². The van der Waals surface area contributed by atoms with Crippen molar-refractivity contribution in [3.63, 3.8) is 0 Å². The largest absolute Gasteiger partial charge is 0.480 e. The second kappa shape index (κ2) is 18.1. The number of hydrogen-bond acceptors (Lipinski definition) is 6. The Hall–Kier alpha value is -1.71. The van der Waals surface area contributed by atoms with Gasteiger partial charge in [-0.05, 0) is 18.8 Å². The summed E-state index contributed by atoms with van der Waals surface area (Å²) in [5, 5.41) is 24.8. The molecule has 0 spiro atoms. The van der Waals surface area contributed by atoms with Crippen molar-refractivity contribution in [2.24, 2.45) is 23.1 Å². The molecule has 9 heteroatoms. The highest BCUT2D eigenvalue weighted by molar-refractivity contribution is 5.73. The molecule has 4 unspecified atom stereocenters. The molecule has 0 saturated heterocycles. The molecule has 0 aliphatic carbocycles. The molecule has 156 valence electrons. The predicted octanol–water partition coefficient (Wildman–Crippen LogP) is 1.23. The highest BCUT2D eigenvalue weighted by Gasteiger charge is 2.17. The molecule has 4 atom stereocenters. The van der Waals surface area contributed by atoms with Crippen molar-refractivity contribution < 1.29 is 29.7 Å². The molecule has 0 aromatic heterocycles. The number of hydrogen-bond donors (Lipinski definition) is 6. The smallest absolute Gasteiger partial charge is 0.320 e. The number of rotatable bonds is 10. The summed E-state index contributed by atoms with van der Waals surface area (Å²) in [6.45, 7) is 7.67. The molecule has 0 radical (unpaired) electrons. The Morgan fingerprint density at radius 3 is 1.38 bits per heavy atom. The minimum absolute atomic E-state index is 0.0718. The summed E-state index contributed by atoms with van der Waals surface area (Å²) in [6.07, 6.45) is 4.69. The molecule has 0 aliphatic rings. The standard InChI is InChI=1S/2C6H13NO2.C5H11NO2/c1-3-4(2)5(7)6(8)9;1-2-3-4-5(7)6(8)9;1-2-3-4(6)5(7)8/h4-5H,3,7H2,1-2H3,(H,8,9);5H,2-4,7H2,1H3,(H,8,9);4H,2-3,6H2,1H3,(H,7,8). The predicted molar refractivity (Wildman–Crippen MR) is 101 cm³/mol. The molecular formula is C17H37N3O6. The number of nitrogens with two attached hydrogens (primary N) is 3. The third-order valence-corrected chi connectivity index (χ3v) is 3.64. The number of unbranched alkanes of at least 4 members (excludes halogenated alkanes) is 1. The molecule has 9 N–H and O–H groups in total. The van der Waals surface area contributed by atoms with Crippen LogP contribution in [0.2, 0.25) is 0 Å². The van der Waals surface area contributed by atoms with Gasteiger partial charge in [0.15, 0.2) is 0 Å². The average molecular weight is 379 g/mol. The summed E-state index contributed by atoms with van der Waals surface area (Å²) in [5.74, 6) is -2.65. The number of carbonyl (C=O) groups is 3. The van der Waals surface area contributed by atoms with Crippen LogP contribution in [0.3, 0.4) is 0 Å². The fourth-order valence-electron chi connectivity index (χ4n) is 1.48. The Kier molecular flexibility index (Phi) is 20.2. The number of carboxylic acid groups (broad SMARTS) is 3. The Bertz CT molecular complexity index is 393. The first-order valence-corrected chi connectivity index (χ1v) is 8.91. The van der Waals surface area contributed by atoms with Crippen LogP contribution < -0.4 is 17.2 Å². The van der Waals surface area contributed by atoms with E-state index in [9.17, 15) is 14.4 Å². The number of carboxylic acids is 3. The zero-order chi connectivity index (χ0) is 21.3. The van der Waals surface area contributed by atoms with E-state index < -0.39 is 36.0 Å². The molecule has 0 aromatic carbocycles. The van der Waals surface area contributed by atoms with Crippen LogP contribution in [0.1, 0.15) is 66.2 Å². The van der Waals surface area contributed by atoms with Crippen molar-refractivity contribution in [2.75, 3.05) is 0 Å². The maximum Gasteiger partial charge on any atom is 0.320 e. The van der Waals surface area contributed by atoms with Crippen molar-refractivity contribution >= 4 is 17.9 Å². The molecule has 9 nitrogen and oxygen atoms in total. The van der Waals surface area contributed by atoms with E-state index in [2.05, 4.69) is 0 Å². The van der Waals surface area contributed by atoms with E-state index in [0.717, 1.165) is 25.7 Å². The van der Waals surface area contributed by atoms with E-state index in [1.54, 1.807) is 0 Å². The average Bonchev–Trinajstić information content (AvgIpc) is 2.59. The summed E-state index contributed by atoms with van der Waals surface area (Å²) in [5.41, 5.74) is 15.6. The first kappa shape index (κ1) is 29.1. The lowest BCUT2D eigenvalue weighted by Crippen LogP contribution is -2.36. The van der Waals surface area contributed by atoms with Crippen molar-refractivity contribution in [1.29, 1.82) is 0 Å². The topological polar surface area (TPSA) is 190 Å². The molecule has 0 amide bonds. The van der Waals surface area contributed by atoms with Crippen LogP contribution in [-0.4, -0.2) is 51.4 Å². The van der Waals surface area contributed by atoms with E-state index in [1.165, 1.54) is 0 Å². The quantitative estimate of drug-likeness (QED) is 0.324. The van der Waals surface area contributed by atoms with E-state index in [0.29, 0.717) is 12.8 Å². The fraction of sp³-hybridized carbons (Fsp3) is 0.824. The molecule has 0 rings (SSSR count). The van der Waals surface area contributed by atoms with Gasteiger partial charge in [0.05, 0.1) is 0 Å². The van der Waals surface area contributed by atoms with Crippen molar-refractivity contribution in [3.05, 3.63) is 0 Å². The van der Waals surface area contributed by atoms with Gasteiger partial charge in [0.2, 0.25) is 0 Å². The van der Waals surface area contributed by atoms with Gasteiger partial charge in [-0.25, -0.2) is 0 Å². The summed E-state index contributed by atoms with van der Waals surface area (Å²) in [4.78, 5) is 30.2. The molecule has 0 fully saturated rings. The molecule has 0 bridgehead atoms. The summed E-state index contributed by atoms with van der Waals surface area (Å²) < 4.78 is 0. The van der Waals surface area contributed by atoms with Crippen molar-refractivity contribution in [1.82, 2.24) is 0 Å². The fourth-order valence-corrected chi connectivity index (χ4v) is 1.48. The zero-order valence-electron chi connectivity index (χ0n) is 16.4. The molecule has 0 saturated carbocycles. The monoisotopic (exact) mass is 379 g/mol. The minimum atomic E-state index is -0.913. The maximum atomic E-state index is 10.2. The molecule has 0 aliphatic heterocycles. The van der Waals surface area contributed by atoms with E-state index >= 15 is 0 Å². The second-order valence-electron chi connectivity index (χ2n) is 6.07. The van der Waals surface area contributed by atoms with Crippen LogP contribution >= 0.6 is 0 Å².